The van der Waals surface area contributed by atoms with Crippen LogP contribution in [0.1, 0.15) is 26.3 Å². The lowest BCUT2D eigenvalue weighted by Gasteiger charge is -2.35. The summed E-state index contributed by atoms with van der Waals surface area (Å²) in [4.78, 5) is 4.93. The fourth-order valence-electron chi connectivity index (χ4n) is 7.96. The number of rotatable bonds is 8. The highest BCUT2D eigenvalue weighted by atomic mass is 15.2. The zero-order chi connectivity index (χ0) is 38.1. The van der Waals surface area contributed by atoms with E-state index in [0.717, 1.165) is 45.3 Å². The van der Waals surface area contributed by atoms with Gasteiger partial charge in [0.1, 0.15) is 0 Å². The SMILES string of the molecule is CC(C)(C)c1cc(N(c2ccccc2)c2ccccc2)c(-c2cccc(-c3ccccc3)c2)c(N(c2ccccc2)c2cccc3c2ccc2ccccc23)c1. The summed E-state index contributed by atoms with van der Waals surface area (Å²) in [5, 5.41) is 4.92. The summed E-state index contributed by atoms with van der Waals surface area (Å²) in [5.74, 6) is 0. The third-order valence-corrected chi connectivity index (χ3v) is 10.8. The summed E-state index contributed by atoms with van der Waals surface area (Å²) in [6.45, 7) is 6.95. The van der Waals surface area contributed by atoms with Crippen LogP contribution in [-0.2, 0) is 5.41 Å². The van der Waals surface area contributed by atoms with Gasteiger partial charge in [-0.3, -0.25) is 0 Å². The smallest absolute Gasteiger partial charge is 0.0564 e. The first-order valence-corrected chi connectivity index (χ1v) is 19.4. The lowest BCUT2D eigenvalue weighted by Crippen LogP contribution is -2.19. The maximum atomic E-state index is 2.49. The molecule has 0 aliphatic heterocycles. The largest absolute Gasteiger partial charge is 0.310 e. The van der Waals surface area contributed by atoms with E-state index in [0.29, 0.717) is 0 Å². The predicted octanol–water partition coefficient (Wildman–Crippen LogP) is 15.6. The van der Waals surface area contributed by atoms with E-state index in [4.69, 9.17) is 0 Å². The van der Waals surface area contributed by atoms with Gasteiger partial charge in [-0.25, -0.2) is 0 Å². The third-order valence-electron chi connectivity index (χ3n) is 10.8. The molecule has 56 heavy (non-hydrogen) atoms. The molecule has 0 atom stereocenters. The summed E-state index contributed by atoms with van der Waals surface area (Å²) in [6.07, 6.45) is 0. The van der Waals surface area contributed by atoms with Crippen molar-refractivity contribution in [3.05, 3.63) is 218 Å². The lowest BCUT2D eigenvalue weighted by atomic mass is 9.83. The van der Waals surface area contributed by atoms with Crippen molar-refractivity contribution in [1.82, 2.24) is 0 Å². The van der Waals surface area contributed by atoms with Crippen molar-refractivity contribution >= 4 is 55.7 Å². The van der Waals surface area contributed by atoms with E-state index < -0.39 is 0 Å². The van der Waals surface area contributed by atoms with Gasteiger partial charge in [0.05, 0.1) is 17.1 Å². The van der Waals surface area contributed by atoms with E-state index in [1.165, 1.54) is 38.2 Å². The Hall–Kier alpha value is -6.90. The Kier molecular flexibility index (Phi) is 9.17. The van der Waals surface area contributed by atoms with Crippen molar-refractivity contribution < 1.29 is 0 Å². The van der Waals surface area contributed by atoms with Crippen molar-refractivity contribution in [2.45, 2.75) is 26.2 Å². The minimum Gasteiger partial charge on any atom is -0.310 e. The fourth-order valence-corrected chi connectivity index (χ4v) is 7.96. The Labute approximate surface area is 330 Å². The van der Waals surface area contributed by atoms with Crippen LogP contribution in [0, 0.1) is 0 Å². The van der Waals surface area contributed by atoms with Gasteiger partial charge in [0.25, 0.3) is 0 Å². The van der Waals surface area contributed by atoms with Crippen LogP contribution >= 0.6 is 0 Å². The first kappa shape index (κ1) is 34.8. The molecule has 0 heterocycles. The Bertz CT molecular complexity index is 2730. The Morgan fingerprint density at radius 3 is 1.43 bits per heavy atom. The minimum absolute atomic E-state index is 0.162. The predicted molar refractivity (Wildman–Crippen MR) is 240 cm³/mol. The monoisotopic (exact) mass is 720 g/mol. The van der Waals surface area contributed by atoms with Crippen LogP contribution in [0.25, 0.3) is 43.8 Å². The number of nitrogens with zero attached hydrogens (tertiary/aromatic N) is 2. The Balaban J connectivity index is 1.44. The van der Waals surface area contributed by atoms with Crippen molar-refractivity contribution in [2.75, 3.05) is 9.80 Å². The molecule has 9 aromatic rings. The van der Waals surface area contributed by atoms with Crippen LogP contribution in [0.5, 0.6) is 0 Å². The summed E-state index contributed by atoms with van der Waals surface area (Å²) >= 11 is 0. The molecule has 0 N–H and O–H groups in total. The molecule has 0 unspecified atom stereocenters. The summed E-state index contributed by atoms with van der Waals surface area (Å²) in [5.41, 5.74) is 12.4. The molecule has 0 spiro atoms. The molecule has 0 saturated carbocycles. The standard InChI is InChI=1S/C54H44N2/c1-54(2,3)43-37-51(55(44-25-10-5-11-26-44)45-27-12-6-13-28-45)53(42-24-18-23-41(36-42)39-20-8-4-9-21-39)52(38-43)56(46-29-14-7-15-30-46)50-33-19-32-48-47-31-17-16-22-40(47)34-35-49(48)50/h4-38H,1-3H3. The second-order valence-electron chi connectivity index (χ2n) is 15.4. The highest BCUT2D eigenvalue weighted by molar-refractivity contribution is 6.13. The molecule has 2 heteroatoms. The number of benzene rings is 9. The molecule has 0 aromatic heterocycles. The zero-order valence-corrected chi connectivity index (χ0v) is 32.1. The van der Waals surface area contributed by atoms with Gasteiger partial charge in [-0.15, -0.1) is 0 Å². The molecule has 0 bridgehead atoms. The minimum atomic E-state index is -0.162. The van der Waals surface area contributed by atoms with Crippen molar-refractivity contribution in [3.8, 4) is 22.3 Å². The van der Waals surface area contributed by atoms with Crippen molar-refractivity contribution in [3.63, 3.8) is 0 Å². The number of fused-ring (bicyclic) bond motifs is 3. The molecule has 0 aliphatic carbocycles. The van der Waals surface area contributed by atoms with Crippen LogP contribution in [0.4, 0.5) is 34.1 Å². The van der Waals surface area contributed by atoms with E-state index in [9.17, 15) is 0 Å². The average Bonchev–Trinajstić information content (AvgIpc) is 3.25. The number of hydrogen-bond donors (Lipinski definition) is 0. The Morgan fingerprint density at radius 2 is 0.804 bits per heavy atom. The van der Waals surface area contributed by atoms with E-state index in [2.05, 4.69) is 243 Å². The molecule has 0 fully saturated rings. The van der Waals surface area contributed by atoms with Crippen LogP contribution in [0.2, 0.25) is 0 Å². The van der Waals surface area contributed by atoms with E-state index >= 15 is 0 Å². The summed E-state index contributed by atoms with van der Waals surface area (Å²) < 4.78 is 0. The van der Waals surface area contributed by atoms with Gasteiger partial charge >= 0.3 is 0 Å². The molecule has 2 nitrogen and oxygen atoms in total. The number of para-hydroxylation sites is 3. The van der Waals surface area contributed by atoms with Gasteiger partial charge in [0.15, 0.2) is 0 Å². The first-order chi connectivity index (χ1) is 27.4. The molecular weight excluding hydrogens is 677 g/mol. The van der Waals surface area contributed by atoms with Gasteiger partial charge in [-0.05, 0) is 104 Å². The van der Waals surface area contributed by atoms with Gasteiger partial charge in [0, 0.05) is 28.0 Å². The van der Waals surface area contributed by atoms with E-state index in [-0.39, 0.29) is 5.41 Å². The zero-order valence-electron chi connectivity index (χ0n) is 32.1. The van der Waals surface area contributed by atoms with Gasteiger partial charge in [-0.2, -0.15) is 0 Å². The Morgan fingerprint density at radius 1 is 0.321 bits per heavy atom. The maximum Gasteiger partial charge on any atom is 0.0564 e. The summed E-state index contributed by atoms with van der Waals surface area (Å²) in [7, 11) is 0. The molecular formula is C54H44N2. The van der Waals surface area contributed by atoms with Crippen molar-refractivity contribution in [2.24, 2.45) is 0 Å². The maximum absolute atomic E-state index is 2.49. The molecule has 9 aromatic carbocycles. The number of anilines is 6. The third kappa shape index (κ3) is 6.61. The molecule has 0 amide bonds. The average molecular weight is 721 g/mol. The molecule has 9 rings (SSSR count). The van der Waals surface area contributed by atoms with Crippen LogP contribution in [0.3, 0.4) is 0 Å². The lowest BCUT2D eigenvalue weighted by molar-refractivity contribution is 0.590. The number of hydrogen-bond acceptors (Lipinski definition) is 2. The molecule has 0 saturated heterocycles. The second-order valence-corrected chi connectivity index (χ2v) is 15.4. The van der Waals surface area contributed by atoms with Gasteiger partial charge in [-0.1, -0.05) is 172 Å². The quantitative estimate of drug-likeness (QED) is 0.144. The van der Waals surface area contributed by atoms with Crippen molar-refractivity contribution in [1.29, 1.82) is 0 Å². The molecule has 0 radical (unpaired) electrons. The van der Waals surface area contributed by atoms with Crippen LogP contribution < -0.4 is 9.80 Å². The van der Waals surface area contributed by atoms with Crippen LogP contribution in [0.15, 0.2) is 212 Å². The topological polar surface area (TPSA) is 6.48 Å². The van der Waals surface area contributed by atoms with E-state index in [1.807, 2.05) is 0 Å². The normalized spacial score (nSPS) is 11.5. The fraction of sp³-hybridized carbons (Fsp3) is 0.0741. The van der Waals surface area contributed by atoms with Gasteiger partial charge in [0.2, 0.25) is 0 Å². The van der Waals surface area contributed by atoms with Crippen LogP contribution in [-0.4, -0.2) is 0 Å². The first-order valence-electron chi connectivity index (χ1n) is 19.4. The molecule has 270 valence electrons. The second kappa shape index (κ2) is 14.7. The highest BCUT2D eigenvalue weighted by Crippen LogP contribution is 2.52. The highest BCUT2D eigenvalue weighted by Gasteiger charge is 2.29. The van der Waals surface area contributed by atoms with E-state index in [1.54, 1.807) is 0 Å². The summed E-state index contributed by atoms with van der Waals surface area (Å²) in [6, 6.07) is 77.1. The molecule has 0 aliphatic rings. The van der Waals surface area contributed by atoms with Gasteiger partial charge < -0.3 is 9.80 Å².